The van der Waals surface area contributed by atoms with Gasteiger partial charge in [0.05, 0.1) is 13.7 Å². The summed E-state index contributed by atoms with van der Waals surface area (Å²) in [7, 11) is 1.56. The largest absolute Gasteiger partial charge is 0.493 e. The SMILES string of the molecule is CCOc1cc(/C=C(/C#N)C(=O)Nc2ccc(Br)cc2)ccc1OC. The normalized spacial score (nSPS) is 10.7. The molecule has 0 radical (unpaired) electrons. The topological polar surface area (TPSA) is 71.3 Å². The smallest absolute Gasteiger partial charge is 0.266 e. The Kier molecular flexibility index (Phi) is 6.61. The van der Waals surface area contributed by atoms with Crippen molar-refractivity contribution in [3.05, 3.63) is 58.1 Å². The third kappa shape index (κ3) is 5.10. The molecule has 1 amide bonds. The molecule has 0 fully saturated rings. The molecule has 0 aliphatic rings. The zero-order valence-corrected chi connectivity index (χ0v) is 15.5. The summed E-state index contributed by atoms with van der Waals surface area (Å²) in [5, 5.41) is 12.0. The fourth-order valence-corrected chi connectivity index (χ4v) is 2.36. The van der Waals surface area contributed by atoms with Crippen LogP contribution in [0.4, 0.5) is 5.69 Å². The second-order valence-electron chi connectivity index (χ2n) is 4.97. The molecule has 6 heteroatoms. The van der Waals surface area contributed by atoms with Crippen LogP contribution in [0.1, 0.15) is 12.5 Å². The second kappa shape index (κ2) is 8.90. The van der Waals surface area contributed by atoms with Crippen LogP contribution < -0.4 is 14.8 Å². The lowest BCUT2D eigenvalue weighted by atomic mass is 10.1. The van der Waals surface area contributed by atoms with Gasteiger partial charge in [0.25, 0.3) is 5.91 Å². The van der Waals surface area contributed by atoms with Crippen molar-refractivity contribution in [1.82, 2.24) is 0 Å². The molecule has 2 aromatic carbocycles. The molecule has 0 unspecified atom stereocenters. The van der Waals surface area contributed by atoms with Crippen molar-refractivity contribution >= 4 is 33.6 Å². The molecule has 0 aromatic heterocycles. The van der Waals surface area contributed by atoms with Gasteiger partial charge in [-0.25, -0.2) is 0 Å². The Balaban J connectivity index is 2.24. The highest BCUT2D eigenvalue weighted by Gasteiger charge is 2.11. The Morgan fingerprint density at radius 2 is 1.96 bits per heavy atom. The molecule has 0 saturated carbocycles. The Morgan fingerprint density at radius 1 is 1.24 bits per heavy atom. The minimum Gasteiger partial charge on any atom is -0.493 e. The number of ether oxygens (including phenoxy) is 2. The predicted octanol–water partition coefficient (Wildman–Crippen LogP) is 4.40. The molecule has 0 saturated heterocycles. The van der Waals surface area contributed by atoms with E-state index in [0.29, 0.717) is 29.4 Å². The number of halogens is 1. The van der Waals surface area contributed by atoms with Gasteiger partial charge in [-0.05, 0) is 55.0 Å². The molecule has 128 valence electrons. The van der Waals surface area contributed by atoms with E-state index in [0.717, 1.165) is 4.47 Å². The number of nitriles is 1. The van der Waals surface area contributed by atoms with Gasteiger partial charge in [0, 0.05) is 10.2 Å². The van der Waals surface area contributed by atoms with Crippen molar-refractivity contribution in [3.63, 3.8) is 0 Å². The molecule has 0 atom stereocenters. The van der Waals surface area contributed by atoms with E-state index in [1.54, 1.807) is 37.4 Å². The monoisotopic (exact) mass is 400 g/mol. The van der Waals surface area contributed by atoms with Gasteiger partial charge in [-0.3, -0.25) is 4.79 Å². The molecule has 2 aromatic rings. The molecular formula is C19H17BrN2O3. The summed E-state index contributed by atoms with van der Waals surface area (Å²) in [5.74, 6) is 0.680. The third-order valence-electron chi connectivity index (χ3n) is 3.27. The van der Waals surface area contributed by atoms with E-state index < -0.39 is 5.91 Å². The highest BCUT2D eigenvalue weighted by Crippen LogP contribution is 2.29. The second-order valence-corrected chi connectivity index (χ2v) is 5.89. The highest BCUT2D eigenvalue weighted by molar-refractivity contribution is 9.10. The fraction of sp³-hybridized carbons (Fsp3) is 0.158. The minimum atomic E-state index is -0.474. The number of hydrogen-bond donors (Lipinski definition) is 1. The number of amides is 1. The molecule has 0 heterocycles. The number of nitrogens with one attached hydrogen (secondary N) is 1. The molecule has 0 aliphatic carbocycles. The summed E-state index contributed by atoms with van der Waals surface area (Å²) >= 11 is 3.33. The first kappa shape index (κ1) is 18.6. The maximum absolute atomic E-state index is 12.3. The average molecular weight is 401 g/mol. The van der Waals surface area contributed by atoms with Crippen molar-refractivity contribution in [2.45, 2.75) is 6.92 Å². The Morgan fingerprint density at radius 3 is 2.56 bits per heavy atom. The number of carbonyl (C=O) groups excluding carboxylic acids is 1. The van der Waals surface area contributed by atoms with Crippen LogP contribution in [0.15, 0.2) is 52.5 Å². The molecule has 0 spiro atoms. The lowest BCUT2D eigenvalue weighted by molar-refractivity contribution is -0.112. The fourth-order valence-electron chi connectivity index (χ4n) is 2.10. The summed E-state index contributed by atoms with van der Waals surface area (Å²) in [6.07, 6.45) is 1.51. The van der Waals surface area contributed by atoms with Crippen molar-refractivity contribution in [2.24, 2.45) is 0 Å². The first-order valence-electron chi connectivity index (χ1n) is 7.57. The van der Waals surface area contributed by atoms with Gasteiger partial charge in [-0.15, -0.1) is 0 Å². The van der Waals surface area contributed by atoms with Crippen molar-refractivity contribution in [1.29, 1.82) is 5.26 Å². The van der Waals surface area contributed by atoms with Crippen LogP contribution in [-0.2, 0) is 4.79 Å². The quantitative estimate of drug-likeness (QED) is 0.575. The Bertz CT molecular complexity index is 824. The summed E-state index contributed by atoms with van der Waals surface area (Å²) in [6.45, 7) is 2.35. The Labute approximate surface area is 155 Å². The molecule has 5 nitrogen and oxygen atoms in total. The third-order valence-corrected chi connectivity index (χ3v) is 3.79. The van der Waals surface area contributed by atoms with E-state index >= 15 is 0 Å². The van der Waals surface area contributed by atoms with E-state index in [1.807, 2.05) is 25.1 Å². The maximum atomic E-state index is 12.3. The average Bonchev–Trinajstić information content (AvgIpc) is 2.62. The van der Waals surface area contributed by atoms with Crippen molar-refractivity contribution < 1.29 is 14.3 Å². The van der Waals surface area contributed by atoms with Crippen molar-refractivity contribution in [3.8, 4) is 17.6 Å². The molecule has 2 rings (SSSR count). The van der Waals surface area contributed by atoms with Gasteiger partial charge in [-0.2, -0.15) is 5.26 Å². The van der Waals surface area contributed by atoms with Crippen LogP contribution in [0.2, 0.25) is 0 Å². The summed E-state index contributed by atoms with van der Waals surface area (Å²) < 4.78 is 11.6. The van der Waals surface area contributed by atoms with Gasteiger partial charge < -0.3 is 14.8 Å². The van der Waals surface area contributed by atoms with E-state index in [4.69, 9.17) is 9.47 Å². The number of rotatable bonds is 6. The number of nitrogens with zero attached hydrogens (tertiary/aromatic N) is 1. The summed E-state index contributed by atoms with van der Waals surface area (Å²) in [5.41, 5.74) is 1.28. The molecule has 0 bridgehead atoms. The lowest BCUT2D eigenvalue weighted by Crippen LogP contribution is -2.13. The lowest BCUT2D eigenvalue weighted by Gasteiger charge is -2.10. The van der Waals surface area contributed by atoms with Gasteiger partial charge in [0.2, 0.25) is 0 Å². The minimum absolute atomic E-state index is 0.00414. The van der Waals surface area contributed by atoms with E-state index in [2.05, 4.69) is 21.2 Å². The number of methoxy groups -OCH3 is 1. The van der Waals surface area contributed by atoms with E-state index in [9.17, 15) is 10.1 Å². The number of carbonyl (C=O) groups is 1. The van der Waals surface area contributed by atoms with Crippen LogP contribution in [0.5, 0.6) is 11.5 Å². The highest BCUT2D eigenvalue weighted by atomic mass is 79.9. The van der Waals surface area contributed by atoms with Crippen LogP contribution in [0, 0.1) is 11.3 Å². The maximum Gasteiger partial charge on any atom is 0.266 e. The zero-order chi connectivity index (χ0) is 18.2. The first-order chi connectivity index (χ1) is 12.1. The van der Waals surface area contributed by atoms with Gasteiger partial charge in [-0.1, -0.05) is 22.0 Å². The predicted molar refractivity (Wildman–Crippen MR) is 101 cm³/mol. The summed E-state index contributed by atoms with van der Waals surface area (Å²) in [4.78, 5) is 12.3. The molecule has 0 aliphatic heterocycles. The Hall–Kier alpha value is -2.78. The first-order valence-corrected chi connectivity index (χ1v) is 8.36. The number of anilines is 1. The van der Waals surface area contributed by atoms with Crippen LogP contribution in [0.3, 0.4) is 0 Å². The number of hydrogen-bond acceptors (Lipinski definition) is 4. The molecule has 1 N–H and O–H groups in total. The van der Waals surface area contributed by atoms with E-state index in [-0.39, 0.29) is 5.57 Å². The number of benzene rings is 2. The van der Waals surface area contributed by atoms with Crippen LogP contribution in [0.25, 0.3) is 6.08 Å². The van der Waals surface area contributed by atoms with Crippen LogP contribution in [-0.4, -0.2) is 19.6 Å². The van der Waals surface area contributed by atoms with Crippen LogP contribution >= 0.6 is 15.9 Å². The van der Waals surface area contributed by atoms with Gasteiger partial charge in [0.1, 0.15) is 11.6 Å². The standard InChI is InChI=1S/C19H17BrN2O3/c1-3-25-18-11-13(4-9-17(18)24-2)10-14(12-21)19(23)22-16-7-5-15(20)6-8-16/h4-11H,3H2,1-2H3,(H,22,23)/b14-10-. The zero-order valence-electron chi connectivity index (χ0n) is 13.9. The van der Waals surface area contributed by atoms with E-state index in [1.165, 1.54) is 6.08 Å². The summed E-state index contributed by atoms with van der Waals surface area (Å²) in [6, 6.07) is 14.3. The van der Waals surface area contributed by atoms with Crippen molar-refractivity contribution in [2.75, 3.05) is 19.0 Å². The van der Waals surface area contributed by atoms with Gasteiger partial charge in [0.15, 0.2) is 11.5 Å². The molecule has 25 heavy (non-hydrogen) atoms. The van der Waals surface area contributed by atoms with Gasteiger partial charge >= 0.3 is 0 Å². The molecular weight excluding hydrogens is 384 g/mol.